The number of likely N-dealkylation sites (N-methyl/N-ethyl adjacent to an activating group) is 1. The molecule has 1 fully saturated rings. The Morgan fingerprint density at radius 1 is 1.07 bits per heavy atom. The Hall–Kier alpha value is -2.57. The van der Waals surface area contributed by atoms with Crippen LogP contribution in [0.5, 0.6) is 0 Å². The average Bonchev–Trinajstić information content (AvgIpc) is 3.42. The van der Waals surface area contributed by atoms with E-state index in [9.17, 15) is 4.79 Å². The molecule has 1 saturated heterocycles. The van der Waals surface area contributed by atoms with Gasteiger partial charge in [0, 0.05) is 49.9 Å². The molecule has 0 radical (unpaired) electrons. The van der Waals surface area contributed by atoms with Crippen molar-refractivity contribution in [3.8, 4) is 0 Å². The number of anilines is 2. The molecule has 0 bridgehead atoms. The number of nitrogens with zero attached hydrogens (tertiary/aromatic N) is 3. The molecule has 0 aliphatic carbocycles. The van der Waals surface area contributed by atoms with Crippen molar-refractivity contribution >= 4 is 28.6 Å². The van der Waals surface area contributed by atoms with E-state index >= 15 is 0 Å². The molecule has 1 amide bonds. The first kappa shape index (κ1) is 18.8. The summed E-state index contributed by atoms with van der Waals surface area (Å²) in [6.45, 7) is 4.26. The highest BCUT2D eigenvalue weighted by atomic mass is 32.1. The second kappa shape index (κ2) is 8.63. The van der Waals surface area contributed by atoms with E-state index in [4.69, 9.17) is 0 Å². The second-order valence-corrected chi connectivity index (χ2v) is 8.07. The van der Waals surface area contributed by atoms with Crippen LogP contribution in [0.2, 0.25) is 0 Å². The van der Waals surface area contributed by atoms with Gasteiger partial charge in [0.2, 0.25) is 5.91 Å². The summed E-state index contributed by atoms with van der Waals surface area (Å²) < 4.78 is 2.10. The van der Waals surface area contributed by atoms with Gasteiger partial charge in [-0.15, -0.1) is 0 Å². The molecule has 1 aliphatic rings. The van der Waals surface area contributed by atoms with E-state index in [-0.39, 0.29) is 11.9 Å². The highest BCUT2D eigenvalue weighted by Crippen LogP contribution is 2.25. The van der Waals surface area contributed by atoms with Crippen molar-refractivity contribution in [2.24, 2.45) is 0 Å². The fourth-order valence-electron chi connectivity index (χ4n) is 3.62. The van der Waals surface area contributed by atoms with Crippen LogP contribution in [0.4, 0.5) is 11.4 Å². The van der Waals surface area contributed by atoms with Gasteiger partial charge in [0.15, 0.2) is 0 Å². The van der Waals surface area contributed by atoms with Crippen LogP contribution in [0.3, 0.4) is 0 Å². The standard InChI is InChI=1S/C22H26N4OS/c1-24-11-13-25(14-12-24)20-6-4-19(5-7-20)23-22(27)16-21(18-8-15-28-17-18)26-9-2-3-10-26/h2-10,15,17,21H,11-14,16H2,1H3,(H,23,27)/t21-/m0/s1. The van der Waals surface area contributed by atoms with Crippen molar-refractivity contribution in [1.29, 1.82) is 0 Å². The number of amides is 1. The number of rotatable bonds is 6. The summed E-state index contributed by atoms with van der Waals surface area (Å²) in [5.74, 6) is 0.0252. The van der Waals surface area contributed by atoms with E-state index in [0.717, 1.165) is 31.9 Å². The first-order chi connectivity index (χ1) is 13.7. The summed E-state index contributed by atoms with van der Waals surface area (Å²) in [6.07, 6.45) is 4.44. The number of aromatic nitrogens is 1. The second-order valence-electron chi connectivity index (χ2n) is 7.29. The van der Waals surface area contributed by atoms with E-state index < -0.39 is 0 Å². The van der Waals surface area contributed by atoms with Crippen molar-refractivity contribution < 1.29 is 4.79 Å². The maximum absolute atomic E-state index is 12.7. The SMILES string of the molecule is CN1CCN(c2ccc(NC(=O)C[C@@H](c3ccsc3)n3cccc3)cc2)CC1. The van der Waals surface area contributed by atoms with Gasteiger partial charge in [0.05, 0.1) is 12.5 Å². The summed E-state index contributed by atoms with van der Waals surface area (Å²) in [4.78, 5) is 17.4. The zero-order valence-corrected chi connectivity index (χ0v) is 16.9. The van der Waals surface area contributed by atoms with Gasteiger partial charge < -0.3 is 19.7 Å². The summed E-state index contributed by atoms with van der Waals surface area (Å²) in [5, 5.41) is 7.23. The van der Waals surface area contributed by atoms with Gasteiger partial charge in [-0.3, -0.25) is 4.79 Å². The van der Waals surface area contributed by atoms with Crippen LogP contribution in [0.15, 0.2) is 65.6 Å². The fourth-order valence-corrected chi connectivity index (χ4v) is 4.33. The van der Waals surface area contributed by atoms with Gasteiger partial charge in [-0.2, -0.15) is 11.3 Å². The minimum Gasteiger partial charge on any atom is -0.369 e. The van der Waals surface area contributed by atoms with E-state index in [0.29, 0.717) is 6.42 Å². The lowest BCUT2D eigenvalue weighted by atomic mass is 10.1. The highest BCUT2D eigenvalue weighted by Gasteiger charge is 2.18. The predicted molar refractivity (Wildman–Crippen MR) is 116 cm³/mol. The van der Waals surface area contributed by atoms with E-state index in [2.05, 4.69) is 55.7 Å². The third-order valence-electron chi connectivity index (χ3n) is 5.31. The molecule has 0 saturated carbocycles. The Balaban J connectivity index is 1.39. The van der Waals surface area contributed by atoms with Crippen molar-refractivity contribution in [2.45, 2.75) is 12.5 Å². The van der Waals surface area contributed by atoms with E-state index in [1.54, 1.807) is 11.3 Å². The highest BCUT2D eigenvalue weighted by molar-refractivity contribution is 7.08. The van der Waals surface area contributed by atoms with Crippen LogP contribution in [0.25, 0.3) is 0 Å². The Labute approximate surface area is 170 Å². The van der Waals surface area contributed by atoms with Crippen LogP contribution >= 0.6 is 11.3 Å². The van der Waals surface area contributed by atoms with Crippen LogP contribution < -0.4 is 10.2 Å². The molecular formula is C22H26N4OS. The fraction of sp³-hybridized carbons (Fsp3) is 0.318. The molecule has 1 aromatic carbocycles. The molecule has 5 nitrogen and oxygen atoms in total. The number of piperazine rings is 1. The van der Waals surface area contributed by atoms with Gasteiger partial charge in [-0.05, 0) is 65.8 Å². The zero-order chi connectivity index (χ0) is 19.3. The Morgan fingerprint density at radius 3 is 2.43 bits per heavy atom. The normalized spacial score (nSPS) is 16.1. The summed E-state index contributed by atoms with van der Waals surface area (Å²) in [6, 6.07) is 14.3. The quantitative estimate of drug-likeness (QED) is 0.689. The molecule has 1 aliphatic heterocycles. The molecule has 146 valence electrons. The van der Waals surface area contributed by atoms with Gasteiger partial charge in [-0.25, -0.2) is 0 Å². The first-order valence-electron chi connectivity index (χ1n) is 9.67. The summed E-state index contributed by atoms with van der Waals surface area (Å²) in [5.41, 5.74) is 3.23. The third kappa shape index (κ3) is 4.46. The lowest BCUT2D eigenvalue weighted by Gasteiger charge is -2.34. The molecule has 2 aromatic heterocycles. The van der Waals surface area contributed by atoms with Crippen molar-refractivity contribution in [3.05, 3.63) is 71.2 Å². The molecule has 3 heterocycles. The lowest BCUT2D eigenvalue weighted by Crippen LogP contribution is -2.44. The largest absolute Gasteiger partial charge is 0.369 e. The van der Waals surface area contributed by atoms with Crippen LogP contribution in [0.1, 0.15) is 18.0 Å². The maximum atomic E-state index is 12.7. The number of hydrogen-bond acceptors (Lipinski definition) is 4. The van der Waals surface area contributed by atoms with Gasteiger partial charge in [-0.1, -0.05) is 0 Å². The van der Waals surface area contributed by atoms with Crippen LogP contribution in [-0.4, -0.2) is 48.6 Å². The van der Waals surface area contributed by atoms with Crippen molar-refractivity contribution in [2.75, 3.05) is 43.4 Å². The average molecular weight is 395 g/mol. The van der Waals surface area contributed by atoms with Gasteiger partial charge in [0.1, 0.15) is 0 Å². The number of nitrogens with one attached hydrogen (secondary N) is 1. The molecular weight excluding hydrogens is 368 g/mol. The Morgan fingerprint density at radius 2 is 1.79 bits per heavy atom. The smallest absolute Gasteiger partial charge is 0.226 e. The Bertz CT molecular complexity index is 832. The Kier molecular flexibility index (Phi) is 5.78. The number of thiophene rings is 1. The van der Waals surface area contributed by atoms with Crippen molar-refractivity contribution in [3.63, 3.8) is 0 Å². The van der Waals surface area contributed by atoms with E-state index in [1.165, 1.54) is 11.3 Å². The maximum Gasteiger partial charge on any atom is 0.226 e. The molecule has 6 heteroatoms. The van der Waals surface area contributed by atoms with Crippen LogP contribution in [0, 0.1) is 0 Å². The molecule has 3 aromatic rings. The minimum atomic E-state index is 0.0193. The van der Waals surface area contributed by atoms with E-state index in [1.807, 2.05) is 36.7 Å². The number of benzene rings is 1. The topological polar surface area (TPSA) is 40.5 Å². The zero-order valence-electron chi connectivity index (χ0n) is 16.1. The molecule has 28 heavy (non-hydrogen) atoms. The molecule has 0 unspecified atom stereocenters. The lowest BCUT2D eigenvalue weighted by molar-refractivity contribution is -0.116. The third-order valence-corrected chi connectivity index (χ3v) is 6.02. The molecule has 1 atom stereocenters. The van der Waals surface area contributed by atoms with Gasteiger partial charge >= 0.3 is 0 Å². The summed E-state index contributed by atoms with van der Waals surface area (Å²) >= 11 is 1.66. The molecule has 4 rings (SSSR count). The number of carbonyl (C=O) groups is 1. The van der Waals surface area contributed by atoms with Crippen molar-refractivity contribution in [1.82, 2.24) is 9.47 Å². The monoisotopic (exact) mass is 394 g/mol. The number of hydrogen-bond donors (Lipinski definition) is 1. The molecule has 1 N–H and O–H groups in total. The summed E-state index contributed by atoms with van der Waals surface area (Å²) in [7, 11) is 2.16. The molecule has 0 spiro atoms. The minimum absolute atomic E-state index is 0.0193. The van der Waals surface area contributed by atoms with Gasteiger partial charge in [0.25, 0.3) is 0 Å². The van der Waals surface area contributed by atoms with Crippen LogP contribution in [-0.2, 0) is 4.79 Å². The first-order valence-corrected chi connectivity index (χ1v) is 10.6. The predicted octanol–water partition coefficient (Wildman–Crippen LogP) is 3.92. The number of carbonyl (C=O) groups excluding carboxylic acids is 1.